The van der Waals surface area contributed by atoms with Crippen LogP contribution in [0.4, 0.5) is 11.4 Å². The van der Waals surface area contributed by atoms with E-state index in [0.29, 0.717) is 24.3 Å². The number of hydrogen-bond acceptors (Lipinski definition) is 6. The first kappa shape index (κ1) is 17.5. The summed E-state index contributed by atoms with van der Waals surface area (Å²) < 4.78 is 53.0. The van der Waals surface area contributed by atoms with Crippen molar-refractivity contribution in [2.24, 2.45) is 0 Å². The van der Waals surface area contributed by atoms with Crippen LogP contribution in [0.1, 0.15) is 19.4 Å². The van der Waals surface area contributed by atoms with Gasteiger partial charge < -0.3 is 0 Å². The molecule has 8 nitrogen and oxygen atoms in total. The molecule has 1 fully saturated rings. The van der Waals surface area contributed by atoms with Crippen LogP contribution in [0.2, 0.25) is 0 Å². The Morgan fingerprint density at radius 2 is 1.75 bits per heavy atom. The van der Waals surface area contributed by atoms with Crippen molar-refractivity contribution >= 4 is 31.4 Å². The largest absolute Gasteiger partial charge is 0.283 e. The predicted octanol–water partition coefficient (Wildman–Crippen LogP) is 0.00380. The zero-order chi connectivity index (χ0) is 17.7. The fraction of sp³-hybridized carbons (Fsp3) is 0.571. The lowest BCUT2D eigenvalue weighted by Gasteiger charge is -2.21. The van der Waals surface area contributed by atoms with E-state index in [0.717, 1.165) is 11.8 Å². The fourth-order valence-electron chi connectivity index (χ4n) is 3.39. The molecule has 0 spiro atoms. The van der Waals surface area contributed by atoms with Gasteiger partial charge in [-0.15, -0.1) is 0 Å². The molecule has 0 bridgehead atoms. The third-order valence-corrected chi connectivity index (χ3v) is 7.71. The number of benzene rings is 1. The summed E-state index contributed by atoms with van der Waals surface area (Å²) in [6.07, 6.45) is 1.78. The molecule has 2 aliphatic heterocycles. The topological polar surface area (TPSA) is 108 Å². The molecule has 0 aromatic heterocycles. The highest BCUT2D eigenvalue weighted by molar-refractivity contribution is 7.93. The number of hydrogen-bond donors (Lipinski definition) is 3. The average molecular weight is 374 g/mol. The molecule has 2 aliphatic rings. The maximum Gasteiger partial charge on any atom is 0.238 e. The van der Waals surface area contributed by atoms with Gasteiger partial charge in [-0.25, -0.2) is 16.8 Å². The summed E-state index contributed by atoms with van der Waals surface area (Å²) in [6, 6.07) is 4.56. The van der Waals surface area contributed by atoms with Crippen LogP contribution >= 0.6 is 0 Å². The molecule has 134 valence electrons. The molecule has 2 unspecified atom stereocenters. The van der Waals surface area contributed by atoms with E-state index in [1.54, 1.807) is 32.0 Å². The van der Waals surface area contributed by atoms with Gasteiger partial charge in [-0.2, -0.15) is 0 Å². The quantitative estimate of drug-likeness (QED) is 0.685. The van der Waals surface area contributed by atoms with E-state index in [4.69, 9.17) is 0 Å². The molecule has 1 aromatic carbocycles. The molecule has 10 heteroatoms. The number of fused-ring (bicyclic) bond motifs is 1. The van der Waals surface area contributed by atoms with E-state index in [1.165, 1.54) is 4.31 Å². The zero-order valence-corrected chi connectivity index (χ0v) is 15.4. The Balaban J connectivity index is 1.90. The van der Waals surface area contributed by atoms with Gasteiger partial charge in [0.15, 0.2) is 0 Å². The Morgan fingerprint density at radius 3 is 2.33 bits per heavy atom. The van der Waals surface area contributed by atoms with Crippen molar-refractivity contribution in [2.45, 2.75) is 37.6 Å². The number of sulfonamides is 2. The van der Waals surface area contributed by atoms with Crippen molar-refractivity contribution in [3.05, 3.63) is 23.8 Å². The maximum atomic E-state index is 12.7. The van der Waals surface area contributed by atoms with Crippen LogP contribution in [-0.2, 0) is 26.5 Å². The van der Waals surface area contributed by atoms with Crippen molar-refractivity contribution in [1.29, 1.82) is 0 Å². The van der Waals surface area contributed by atoms with Crippen LogP contribution in [0, 0.1) is 0 Å². The Bertz CT molecular complexity index is 844. The highest BCUT2D eigenvalue weighted by Gasteiger charge is 2.40. The molecule has 0 radical (unpaired) electrons. The van der Waals surface area contributed by atoms with E-state index in [1.807, 2.05) is 0 Å². The second-order valence-corrected chi connectivity index (χ2v) is 10.2. The van der Waals surface area contributed by atoms with Gasteiger partial charge in [-0.3, -0.25) is 19.9 Å². The first-order valence-corrected chi connectivity index (χ1v) is 11.1. The van der Waals surface area contributed by atoms with Gasteiger partial charge in [0.05, 0.1) is 17.6 Å². The van der Waals surface area contributed by atoms with Crippen LogP contribution in [0.3, 0.4) is 0 Å². The summed E-state index contributed by atoms with van der Waals surface area (Å²) in [5, 5.41) is -0.628. The van der Waals surface area contributed by atoms with Crippen molar-refractivity contribution in [3.63, 3.8) is 0 Å². The molecular weight excluding hydrogens is 352 g/mol. The number of anilines is 2. The maximum absolute atomic E-state index is 12.7. The van der Waals surface area contributed by atoms with E-state index >= 15 is 0 Å². The SMILES string of the molecule is CC1NNC(C)C1S(=O)(=O)Nc1ccc2c(c1)N(S(C)(=O)=O)CC2. The molecule has 0 aliphatic carbocycles. The van der Waals surface area contributed by atoms with Crippen LogP contribution in [0.5, 0.6) is 0 Å². The van der Waals surface area contributed by atoms with E-state index in [-0.39, 0.29) is 12.1 Å². The Kier molecular flexibility index (Phi) is 4.27. The van der Waals surface area contributed by atoms with Crippen LogP contribution in [0.15, 0.2) is 18.2 Å². The lowest BCUT2D eigenvalue weighted by molar-refractivity contribution is 0.564. The van der Waals surface area contributed by atoms with Gasteiger partial charge in [-0.1, -0.05) is 6.07 Å². The highest BCUT2D eigenvalue weighted by atomic mass is 32.2. The highest BCUT2D eigenvalue weighted by Crippen LogP contribution is 2.33. The number of nitrogens with zero attached hydrogens (tertiary/aromatic N) is 1. The first-order valence-electron chi connectivity index (χ1n) is 7.73. The molecule has 0 amide bonds. The smallest absolute Gasteiger partial charge is 0.238 e. The first-order chi connectivity index (χ1) is 11.1. The summed E-state index contributed by atoms with van der Waals surface area (Å²) in [6.45, 7) is 3.98. The van der Waals surface area contributed by atoms with Gasteiger partial charge in [-0.05, 0) is 38.0 Å². The van der Waals surface area contributed by atoms with Crippen molar-refractivity contribution in [1.82, 2.24) is 10.9 Å². The molecule has 1 aromatic rings. The van der Waals surface area contributed by atoms with Crippen molar-refractivity contribution < 1.29 is 16.8 Å². The molecule has 2 heterocycles. The molecule has 3 rings (SSSR count). The lowest BCUT2D eigenvalue weighted by Crippen LogP contribution is -2.41. The minimum atomic E-state index is -3.62. The van der Waals surface area contributed by atoms with Crippen LogP contribution < -0.4 is 19.9 Å². The third kappa shape index (κ3) is 3.10. The second-order valence-electron chi connectivity index (χ2n) is 6.41. The summed E-state index contributed by atoms with van der Waals surface area (Å²) >= 11 is 0. The minimum Gasteiger partial charge on any atom is -0.283 e. The standard InChI is InChI=1S/C14H22N4O4S2/c1-9-14(10(2)16-15-9)24(21,22)17-12-5-4-11-6-7-18(13(11)8-12)23(3,19)20/h4-5,8-10,14-17H,6-7H2,1-3H3. The Morgan fingerprint density at radius 1 is 1.12 bits per heavy atom. The molecule has 3 N–H and O–H groups in total. The Labute approximate surface area is 142 Å². The fourth-order valence-corrected chi connectivity index (χ4v) is 6.14. The second kappa shape index (κ2) is 5.87. The molecular formula is C14H22N4O4S2. The van der Waals surface area contributed by atoms with Gasteiger partial charge in [0.25, 0.3) is 0 Å². The van der Waals surface area contributed by atoms with Gasteiger partial charge in [0.1, 0.15) is 5.25 Å². The molecule has 24 heavy (non-hydrogen) atoms. The summed E-state index contributed by atoms with van der Waals surface area (Å²) in [7, 11) is -7.00. The third-order valence-electron chi connectivity index (χ3n) is 4.48. The van der Waals surface area contributed by atoms with Crippen LogP contribution in [0.25, 0.3) is 0 Å². The van der Waals surface area contributed by atoms with E-state index in [2.05, 4.69) is 15.6 Å². The van der Waals surface area contributed by atoms with Gasteiger partial charge in [0, 0.05) is 18.6 Å². The number of hydrazine groups is 1. The summed E-state index contributed by atoms with van der Waals surface area (Å²) in [5.74, 6) is 0. The minimum absolute atomic E-state index is 0.237. The normalized spacial score (nSPS) is 27.3. The molecule has 2 atom stereocenters. The van der Waals surface area contributed by atoms with E-state index in [9.17, 15) is 16.8 Å². The monoisotopic (exact) mass is 374 g/mol. The van der Waals surface area contributed by atoms with Gasteiger partial charge in [0.2, 0.25) is 20.0 Å². The summed E-state index contributed by atoms with van der Waals surface area (Å²) in [4.78, 5) is 0. The van der Waals surface area contributed by atoms with Crippen LogP contribution in [-0.4, -0.2) is 47.0 Å². The number of rotatable bonds is 4. The zero-order valence-electron chi connectivity index (χ0n) is 13.8. The Hall–Kier alpha value is -1.36. The average Bonchev–Trinajstić information content (AvgIpc) is 3.01. The van der Waals surface area contributed by atoms with E-state index < -0.39 is 25.3 Å². The predicted molar refractivity (Wildman–Crippen MR) is 93.9 cm³/mol. The van der Waals surface area contributed by atoms with Crippen molar-refractivity contribution in [3.8, 4) is 0 Å². The molecule has 1 saturated heterocycles. The molecule has 0 saturated carbocycles. The number of nitrogens with one attached hydrogen (secondary N) is 3. The lowest BCUT2D eigenvalue weighted by atomic mass is 10.1. The van der Waals surface area contributed by atoms with Crippen molar-refractivity contribution in [2.75, 3.05) is 21.8 Å². The summed E-state index contributed by atoms with van der Waals surface area (Å²) in [5.41, 5.74) is 7.66. The van der Waals surface area contributed by atoms with Gasteiger partial charge >= 0.3 is 0 Å².